The van der Waals surface area contributed by atoms with Crippen molar-refractivity contribution in [3.63, 3.8) is 0 Å². The smallest absolute Gasteiger partial charge is 0.0478 e. The highest BCUT2D eigenvalue weighted by atomic mass is 32.2. The van der Waals surface area contributed by atoms with E-state index in [1.165, 1.54) is 29.2 Å². The van der Waals surface area contributed by atoms with Gasteiger partial charge in [-0.25, -0.2) is 0 Å². The van der Waals surface area contributed by atoms with Gasteiger partial charge in [-0.05, 0) is 25.0 Å². The van der Waals surface area contributed by atoms with E-state index in [2.05, 4.69) is 0 Å². The van der Waals surface area contributed by atoms with Gasteiger partial charge in [0, 0.05) is 4.20 Å². The van der Waals surface area contributed by atoms with Crippen LogP contribution in [0.2, 0.25) is 0 Å². The molecule has 0 spiro atoms. The van der Waals surface area contributed by atoms with Gasteiger partial charge in [0.05, 0.1) is 0 Å². The molecule has 2 heteroatoms. The lowest BCUT2D eigenvalue weighted by Gasteiger charge is -2.07. The molecule has 0 aromatic heterocycles. The van der Waals surface area contributed by atoms with E-state index in [1.807, 2.05) is 11.8 Å². The zero-order valence-electron chi connectivity index (χ0n) is 4.14. The second-order valence-electron chi connectivity index (χ2n) is 1.68. The van der Waals surface area contributed by atoms with Gasteiger partial charge in [0.2, 0.25) is 0 Å². The molecule has 0 unspecified atom stereocenters. The predicted molar refractivity (Wildman–Crippen MR) is 38.9 cm³/mol. The first kappa shape index (κ1) is 5.57. The van der Waals surface area contributed by atoms with Gasteiger partial charge in [0.15, 0.2) is 0 Å². The van der Waals surface area contributed by atoms with Gasteiger partial charge in [-0.3, -0.25) is 0 Å². The van der Waals surface area contributed by atoms with E-state index >= 15 is 0 Å². The molecule has 1 saturated heterocycles. The van der Waals surface area contributed by atoms with Gasteiger partial charge in [-0.1, -0.05) is 12.2 Å². The van der Waals surface area contributed by atoms with E-state index < -0.39 is 0 Å². The molecule has 40 valence electrons. The van der Waals surface area contributed by atoms with Crippen LogP contribution in [0.15, 0.2) is 0 Å². The van der Waals surface area contributed by atoms with Crippen molar-refractivity contribution in [3.8, 4) is 0 Å². The summed E-state index contributed by atoms with van der Waals surface area (Å²) in [6.07, 6.45) is 3.87. The highest BCUT2D eigenvalue weighted by molar-refractivity contribution is 8.23. The quantitative estimate of drug-likeness (QED) is 0.464. The van der Waals surface area contributed by atoms with Gasteiger partial charge >= 0.3 is 0 Å². The fourth-order valence-electron chi connectivity index (χ4n) is 0.630. The largest absolute Gasteiger partial charge is 0.119 e. The van der Waals surface area contributed by atoms with Crippen molar-refractivity contribution >= 4 is 28.2 Å². The lowest BCUT2D eigenvalue weighted by atomic mass is 10.3. The van der Waals surface area contributed by atoms with Crippen molar-refractivity contribution in [2.75, 3.05) is 5.75 Å². The van der Waals surface area contributed by atoms with Crippen LogP contribution in [0.5, 0.6) is 0 Å². The monoisotopic (exact) mass is 132 g/mol. The minimum Gasteiger partial charge on any atom is -0.119 e. The predicted octanol–water partition coefficient (Wildman–Crippen LogP) is 2.23. The molecule has 0 saturated carbocycles. The zero-order valence-corrected chi connectivity index (χ0v) is 5.78. The van der Waals surface area contributed by atoms with Crippen LogP contribution in [-0.4, -0.2) is 9.95 Å². The van der Waals surface area contributed by atoms with Crippen LogP contribution in [-0.2, 0) is 0 Å². The van der Waals surface area contributed by atoms with Crippen LogP contribution in [0.3, 0.4) is 0 Å². The molecule has 1 fully saturated rings. The SMILES string of the molecule is S=C1CCCCS1. The fourth-order valence-corrected chi connectivity index (χ4v) is 1.89. The van der Waals surface area contributed by atoms with Gasteiger partial charge in [-0.2, -0.15) is 0 Å². The van der Waals surface area contributed by atoms with Crippen LogP contribution in [0.4, 0.5) is 0 Å². The van der Waals surface area contributed by atoms with Crippen LogP contribution in [0.25, 0.3) is 0 Å². The Balaban J connectivity index is 2.25. The molecule has 0 aromatic rings. The van der Waals surface area contributed by atoms with Gasteiger partial charge in [0.25, 0.3) is 0 Å². The Hall–Kier alpha value is 0.440. The van der Waals surface area contributed by atoms with E-state index in [9.17, 15) is 0 Å². The Morgan fingerprint density at radius 2 is 2.29 bits per heavy atom. The maximum absolute atomic E-state index is 4.97. The van der Waals surface area contributed by atoms with Crippen LogP contribution < -0.4 is 0 Å². The Labute approximate surface area is 53.7 Å². The summed E-state index contributed by atoms with van der Waals surface area (Å²) in [5, 5.41) is 0. The first-order valence-electron chi connectivity index (χ1n) is 2.55. The third-order valence-corrected chi connectivity index (χ3v) is 2.61. The topological polar surface area (TPSA) is 0 Å². The number of thioether (sulfide) groups is 1. The summed E-state index contributed by atoms with van der Waals surface area (Å²) in [6, 6.07) is 0. The van der Waals surface area contributed by atoms with Gasteiger partial charge < -0.3 is 0 Å². The first-order valence-corrected chi connectivity index (χ1v) is 3.94. The Kier molecular flexibility index (Phi) is 2.13. The number of hydrogen-bond acceptors (Lipinski definition) is 2. The molecule has 0 aromatic carbocycles. The molecular weight excluding hydrogens is 124 g/mol. The summed E-state index contributed by atoms with van der Waals surface area (Å²) in [5.74, 6) is 1.26. The van der Waals surface area contributed by atoms with Crippen molar-refractivity contribution in [1.82, 2.24) is 0 Å². The molecule has 0 aliphatic carbocycles. The Bertz CT molecular complexity index is 70.1. The van der Waals surface area contributed by atoms with Crippen molar-refractivity contribution in [3.05, 3.63) is 0 Å². The second kappa shape index (κ2) is 2.68. The van der Waals surface area contributed by atoms with E-state index in [-0.39, 0.29) is 0 Å². The third kappa shape index (κ3) is 1.78. The number of thiocarbonyl (C=S) groups is 1. The molecule has 0 atom stereocenters. The first-order chi connectivity index (χ1) is 3.39. The molecule has 7 heavy (non-hydrogen) atoms. The highest BCUT2D eigenvalue weighted by Crippen LogP contribution is 2.19. The molecule has 0 amide bonds. The molecule has 1 aliphatic heterocycles. The average Bonchev–Trinajstić information content (AvgIpc) is 1.69. The van der Waals surface area contributed by atoms with E-state index in [0.717, 1.165) is 0 Å². The zero-order chi connectivity index (χ0) is 5.11. The highest BCUT2D eigenvalue weighted by Gasteiger charge is 2.02. The number of hydrogen-bond donors (Lipinski definition) is 0. The van der Waals surface area contributed by atoms with Crippen molar-refractivity contribution in [2.45, 2.75) is 19.3 Å². The minimum atomic E-state index is 1.18. The molecule has 0 nitrogen and oxygen atoms in total. The summed E-state index contributed by atoms with van der Waals surface area (Å²) < 4.78 is 1.21. The van der Waals surface area contributed by atoms with Crippen molar-refractivity contribution < 1.29 is 0 Å². The maximum Gasteiger partial charge on any atom is 0.0478 e. The van der Waals surface area contributed by atoms with Crippen LogP contribution in [0.1, 0.15) is 19.3 Å². The molecule has 1 aliphatic rings. The maximum atomic E-state index is 4.97. The lowest BCUT2D eigenvalue weighted by molar-refractivity contribution is 0.845. The third-order valence-electron chi connectivity index (χ3n) is 1.04. The number of rotatable bonds is 0. The summed E-state index contributed by atoms with van der Waals surface area (Å²) in [5.41, 5.74) is 0. The standard InChI is InChI=1S/C5H8S2/c6-5-3-1-2-4-7-5/h1-4H2. The van der Waals surface area contributed by atoms with Crippen molar-refractivity contribution in [2.24, 2.45) is 0 Å². The molecule has 0 N–H and O–H groups in total. The molecule has 0 bridgehead atoms. The van der Waals surface area contributed by atoms with Gasteiger partial charge in [-0.15, -0.1) is 11.8 Å². The molecule has 1 rings (SSSR count). The molecule has 0 radical (unpaired) electrons. The van der Waals surface area contributed by atoms with Crippen LogP contribution >= 0.6 is 24.0 Å². The summed E-state index contributed by atoms with van der Waals surface area (Å²) in [7, 11) is 0. The summed E-state index contributed by atoms with van der Waals surface area (Å²) >= 11 is 6.82. The van der Waals surface area contributed by atoms with E-state index in [1.54, 1.807) is 0 Å². The summed E-state index contributed by atoms with van der Waals surface area (Å²) in [6.45, 7) is 0. The minimum absolute atomic E-state index is 1.18. The Morgan fingerprint density at radius 3 is 2.57 bits per heavy atom. The Morgan fingerprint density at radius 1 is 1.43 bits per heavy atom. The lowest BCUT2D eigenvalue weighted by Crippen LogP contribution is -1.97. The summed E-state index contributed by atoms with van der Waals surface area (Å²) in [4.78, 5) is 0. The van der Waals surface area contributed by atoms with E-state index in [4.69, 9.17) is 12.2 Å². The van der Waals surface area contributed by atoms with E-state index in [0.29, 0.717) is 0 Å². The van der Waals surface area contributed by atoms with Crippen LogP contribution in [0, 0.1) is 0 Å². The fraction of sp³-hybridized carbons (Fsp3) is 0.800. The van der Waals surface area contributed by atoms with Crippen molar-refractivity contribution in [1.29, 1.82) is 0 Å². The molecular formula is C5H8S2. The normalized spacial score (nSPS) is 22.6. The molecule has 1 heterocycles. The average molecular weight is 132 g/mol. The second-order valence-corrected chi connectivity index (χ2v) is 3.62. The van der Waals surface area contributed by atoms with Gasteiger partial charge in [0.1, 0.15) is 0 Å².